The van der Waals surface area contributed by atoms with E-state index in [-0.39, 0.29) is 0 Å². The van der Waals surface area contributed by atoms with Gasteiger partial charge >= 0.3 is 0 Å². The number of rotatable bonds is 6. The van der Waals surface area contributed by atoms with Crippen molar-refractivity contribution in [2.24, 2.45) is 0 Å². The second kappa shape index (κ2) is 8.76. The van der Waals surface area contributed by atoms with Gasteiger partial charge in [0.25, 0.3) is 0 Å². The molecule has 0 aromatic heterocycles. The van der Waals surface area contributed by atoms with Crippen LogP contribution in [0.4, 0.5) is 0 Å². The van der Waals surface area contributed by atoms with Crippen molar-refractivity contribution in [2.75, 3.05) is 13.1 Å². The molecular weight excluding hydrogens is 170 g/mol. The van der Waals surface area contributed by atoms with Crippen molar-refractivity contribution in [2.45, 2.75) is 34.1 Å². The van der Waals surface area contributed by atoms with Crippen molar-refractivity contribution in [3.05, 3.63) is 35.5 Å². The van der Waals surface area contributed by atoms with E-state index in [0.717, 1.165) is 19.5 Å². The molecule has 80 valence electrons. The van der Waals surface area contributed by atoms with Gasteiger partial charge in [-0.15, -0.1) is 0 Å². The molecule has 0 fully saturated rings. The normalized spacial score (nSPS) is 14.0. The minimum absolute atomic E-state index is 1.05. The summed E-state index contributed by atoms with van der Waals surface area (Å²) < 4.78 is 0. The molecule has 14 heavy (non-hydrogen) atoms. The standard InChI is InChI=1S/C13H23N/c1-5-8-9-12(4)13(6-2)10-11-14-7-3/h5-6,8-9,14H,7,10-11H2,1-4H3/b8-5+,12-9-,13-6-. The molecule has 0 aliphatic carbocycles. The van der Waals surface area contributed by atoms with Crippen molar-refractivity contribution in [3.8, 4) is 0 Å². The Balaban J connectivity index is 4.14. The van der Waals surface area contributed by atoms with Gasteiger partial charge in [0.1, 0.15) is 0 Å². The average Bonchev–Trinajstić information content (AvgIpc) is 2.21. The summed E-state index contributed by atoms with van der Waals surface area (Å²) in [6.07, 6.45) is 9.63. The summed E-state index contributed by atoms with van der Waals surface area (Å²) in [7, 11) is 0. The van der Waals surface area contributed by atoms with Gasteiger partial charge in [-0.3, -0.25) is 0 Å². The van der Waals surface area contributed by atoms with Crippen LogP contribution in [0.5, 0.6) is 0 Å². The smallest absolute Gasteiger partial charge is 0.000848 e. The van der Waals surface area contributed by atoms with Gasteiger partial charge in [-0.05, 0) is 51.4 Å². The molecule has 0 amide bonds. The van der Waals surface area contributed by atoms with Gasteiger partial charge in [-0.2, -0.15) is 0 Å². The molecule has 0 aromatic rings. The first-order valence-electron chi connectivity index (χ1n) is 5.42. The van der Waals surface area contributed by atoms with Gasteiger partial charge in [0.2, 0.25) is 0 Å². The molecule has 0 atom stereocenters. The molecule has 1 nitrogen and oxygen atoms in total. The molecular formula is C13H23N. The van der Waals surface area contributed by atoms with Crippen LogP contribution in [0.25, 0.3) is 0 Å². The Kier molecular flexibility index (Phi) is 8.25. The first-order valence-corrected chi connectivity index (χ1v) is 5.42. The van der Waals surface area contributed by atoms with Gasteiger partial charge in [0.05, 0.1) is 0 Å². The zero-order valence-corrected chi connectivity index (χ0v) is 9.93. The van der Waals surface area contributed by atoms with Crippen LogP contribution in [0.2, 0.25) is 0 Å². The van der Waals surface area contributed by atoms with Crippen LogP contribution in [0.1, 0.15) is 34.1 Å². The summed E-state index contributed by atoms with van der Waals surface area (Å²) in [6.45, 7) is 10.6. The summed E-state index contributed by atoms with van der Waals surface area (Å²) in [5.74, 6) is 0. The number of hydrogen-bond acceptors (Lipinski definition) is 1. The van der Waals surface area contributed by atoms with E-state index >= 15 is 0 Å². The highest BCUT2D eigenvalue weighted by Gasteiger charge is 1.97. The average molecular weight is 193 g/mol. The van der Waals surface area contributed by atoms with E-state index in [4.69, 9.17) is 0 Å². The molecule has 0 aliphatic heterocycles. The van der Waals surface area contributed by atoms with E-state index in [9.17, 15) is 0 Å². The molecule has 0 unspecified atom stereocenters. The first-order chi connectivity index (χ1) is 6.76. The zero-order chi connectivity index (χ0) is 10.8. The summed E-state index contributed by atoms with van der Waals surface area (Å²) in [6, 6.07) is 0. The van der Waals surface area contributed by atoms with E-state index in [0.29, 0.717) is 0 Å². The molecule has 0 aromatic carbocycles. The minimum Gasteiger partial charge on any atom is -0.317 e. The summed E-state index contributed by atoms with van der Waals surface area (Å²) in [5.41, 5.74) is 2.80. The van der Waals surface area contributed by atoms with Crippen LogP contribution in [-0.2, 0) is 0 Å². The predicted molar refractivity (Wildman–Crippen MR) is 65.5 cm³/mol. The highest BCUT2D eigenvalue weighted by Crippen LogP contribution is 2.12. The fourth-order valence-electron chi connectivity index (χ4n) is 1.32. The lowest BCUT2D eigenvalue weighted by molar-refractivity contribution is 0.715. The highest BCUT2D eigenvalue weighted by atomic mass is 14.8. The zero-order valence-electron chi connectivity index (χ0n) is 9.93. The SMILES string of the molecule is C\C=C(CCNCC)/C(C)=C\C=C\C. The van der Waals surface area contributed by atoms with Crippen LogP contribution >= 0.6 is 0 Å². The van der Waals surface area contributed by atoms with E-state index in [1.54, 1.807) is 0 Å². The Morgan fingerprint density at radius 3 is 2.50 bits per heavy atom. The van der Waals surface area contributed by atoms with E-state index in [1.807, 2.05) is 6.92 Å². The Bertz CT molecular complexity index is 221. The lowest BCUT2D eigenvalue weighted by Gasteiger charge is -2.07. The lowest BCUT2D eigenvalue weighted by Crippen LogP contribution is -2.14. The fraction of sp³-hybridized carbons (Fsp3) is 0.538. The largest absolute Gasteiger partial charge is 0.317 e. The molecule has 0 radical (unpaired) electrons. The second-order valence-electron chi connectivity index (χ2n) is 3.29. The molecule has 0 heterocycles. The Labute approximate surface area is 88.6 Å². The molecule has 0 saturated carbocycles. The first kappa shape index (κ1) is 13.2. The fourth-order valence-corrected chi connectivity index (χ4v) is 1.32. The van der Waals surface area contributed by atoms with Crippen LogP contribution in [0, 0.1) is 0 Å². The topological polar surface area (TPSA) is 12.0 Å². The van der Waals surface area contributed by atoms with Crippen molar-refractivity contribution >= 4 is 0 Å². The Hall–Kier alpha value is -0.820. The van der Waals surface area contributed by atoms with Gasteiger partial charge in [0, 0.05) is 0 Å². The van der Waals surface area contributed by atoms with Gasteiger partial charge in [0.15, 0.2) is 0 Å². The Morgan fingerprint density at radius 1 is 1.29 bits per heavy atom. The predicted octanol–water partition coefficient (Wildman–Crippen LogP) is 3.45. The van der Waals surface area contributed by atoms with Crippen LogP contribution in [0.15, 0.2) is 35.5 Å². The van der Waals surface area contributed by atoms with Crippen LogP contribution in [0.3, 0.4) is 0 Å². The van der Waals surface area contributed by atoms with Gasteiger partial charge in [-0.25, -0.2) is 0 Å². The summed E-state index contributed by atoms with van der Waals surface area (Å²) in [4.78, 5) is 0. The van der Waals surface area contributed by atoms with Crippen molar-refractivity contribution in [1.29, 1.82) is 0 Å². The third kappa shape index (κ3) is 5.76. The number of allylic oxidation sites excluding steroid dienone is 5. The maximum atomic E-state index is 3.34. The molecule has 0 rings (SSSR count). The molecule has 1 heteroatoms. The quantitative estimate of drug-likeness (QED) is 0.503. The monoisotopic (exact) mass is 193 g/mol. The van der Waals surface area contributed by atoms with Crippen LogP contribution < -0.4 is 5.32 Å². The Morgan fingerprint density at radius 2 is 2.00 bits per heavy atom. The van der Waals surface area contributed by atoms with Crippen molar-refractivity contribution in [1.82, 2.24) is 5.32 Å². The molecule has 0 saturated heterocycles. The second-order valence-corrected chi connectivity index (χ2v) is 3.29. The third-order valence-corrected chi connectivity index (χ3v) is 2.21. The summed E-state index contributed by atoms with van der Waals surface area (Å²) in [5, 5.41) is 3.34. The number of nitrogens with one attached hydrogen (secondary N) is 1. The molecule has 0 aliphatic rings. The third-order valence-electron chi connectivity index (χ3n) is 2.21. The van der Waals surface area contributed by atoms with Gasteiger partial charge in [-0.1, -0.05) is 31.2 Å². The highest BCUT2D eigenvalue weighted by molar-refractivity contribution is 5.31. The van der Waals surface area contributed by atoms with E-state index < -0.39 is 0 Å². The molecule has 0 spiro atoms. The van der Waals surface area contributed by atoms with Gasteiger partial charge < -0.3 is 5.32 Å². The maximum Gasteiger partial charge on any atom is -0.000848 e. The summed E-state index contributed by atoms with van der Waals surface area (Å²) >= 11 is 0. The molecule has 1 N–H and O–H groups in total. The van der Waals surface area contributed by atoms with Crippen molar-refractivity contribution < 1.29 is 0 Å². The maximum absolute atomic E-state index is 3.34. The number of hydrogen-bond donors (Lipinski definition) is 1. The lowest BCUT2D eigenvalue weighted by atomic mass is 10.0. The van der Waals surface area contributed by atoms with Crippen molar-refractivity contribution in [3.63, 3.8) is 0 Å². The van der Waals surface area contributed by atoms with Crippen LogP contribution in [-0.4, -0.2) is 13.1 Å². The molecule has 0 bridgehead atoms. The van der Waals surface area contributed by atoms with E-state index in [1.165, 1.54) is 11.1 Å². The minimum atomic E-state index is 1.05. The van der Waals surface area contributed by atoms with E-state index in [2.05, 4.69) is 50.4 Å².